The lowest BCUT2D eigenvalue weighted by Crippen LogP contribution is -2.30. The molecule has 0 aliphatic carbocycles. The number of aliphatic hydroxyl groups excluding tert-OH is 1. The van der Waals surface area contributed by atoms with Crippen molar-refractivity contribution in [3.05, 3.63) is 48.4 Å². The third-order valence-electron chi connectivity index (χ3n) is 3.27. The van der Waals surface area contributed by atoms with Crippen molar-refractivity contribution >= 4 is 17.4 Å². The smallest absolute Gasteiger partial charge is 0.274 e. The number of amides is 1. The summed E-state index contributed by atoms with van der Waals surface area (Å²) in [7, 11) is 0. The van der Waals surface area contributed by atoms with Crippen LogP contribution in [0.4, 0.5) is 11.5 Å². The van der Waals surface area contributed by atoms with Gasteiger partial charge in [0.25, 0.3) is 5.91 Å². The molecule has 1 aromatic heterocycles. The maximum atomic E-state index is 12.2. The zero-order valence-corrected chi connectivity index (χ0v) is 12.7. The number of hydrogen-bond acceptors (Lipinski definition) is 5. The number of benzene rings is 1. The highest BCUT2D eigenvalue weighted by molar-refractivity contribution is 6.03. The predicted octanol–water partition coefficient (Wildman–Crippen LogP) is 2.16. The van der Waals surface area contributed by atoms with Crippen molar-refractivity contribution in [2.24, 2.45) is 5.92 Å². The number of anilines is 2. The second kappa shape index (κ2) is 7.51. The molecule has 1 aromatic carbocycles. The van der Waals surface area contributed by atoms with Crippen LogP contribution < -0.4 is 10.6 Å². The molecule has 2 rings (SSSR count). The van der Waals surface area contributed by atoms with Gasteiger partial charge in [0.15, 0.2) is 0 Å². The lowest BCUT2D eigenvalue weighted by Gasteiger charge is -2.20. The second-order valence-corrected chi connectivity index (χ2v) is 5.29. The number of nitrogens with zero attached hydrogens (tertiary/aromatic N) is 2. The topological polar surface area (TPSA) is 87.1 Å². The van der Waals surface area contributed by atoms with Crippen molar-refractivity contribution in [2.75, 3.05) is 17.2 Å². The molecule has 0 fully saturated rings. The van der Waals surface area contributed by atoms with Crippen molar-refractivity contribution in [1.82, 2.24) is 9.97 Å². The number of aromatic nitrogens is 2. The number of aliphatic hydroxyl groups is 1. The van der Waals surface area contributed by atoms with Gasteiger partial charge in [0.2, 0.25) is 0 Å². The molecular formula is C16H20N4O2. The van der Waals surface area contributed by atoms with Crippen molar-refractivity contribution in [3.8, 4) is 0 Å². The van der Waals surface area contributed by atoms with Crippen molar-refractivity contribution in [1.29, 1.82) is 0 Å². The van der Waals surface area contributed by atoms with Gasteiger partial charge in [-0.2, -0.15) is 0 Å². The number of nitrogens with one attached hydrogen (secondary N) is 2. The minimum Gasteiger partial charge on any atom is -0.394 e. The summed E-state index contributed by atoms with van der Waals surface area (Å²) >= 11 is 0. The van der Waals surface area contributed by atoms with E-state index in [4.69, 9.17) is 0 Å². The lowest BCUT2D eigenvalue weighted by molar-refractivity contribution is 0.102. The first-order chi connectivity index (χ1) is 10.6. The Hall–Kier alpha value is -2.47. The van der Waals surface area contributed by atoms with Crippen LogP contribution in [0.15, 0.2) is 42.7 Å². The van der Waals surface area contributed by atoms with Crippen LogP contribution in [0.3, 0.4) is 0 Å². The van der Waals surface area contributed by atoms with E-state index in [2.05, 4.69) is 20.6 Å². The zero-order valence-electron chi connectivity index (χ0n) is 12.7. The van der Waals surface area contributed by atoms with Crippen LogP contribution in [0.1, 0.15) is 24.3 Å². The minimum absolute atomic E-state index is 0.00673. The fourth-order valence-electron chi connectivity index (χ4n) is 1.89. The normalized spacial score (nSPS) is 12.0. The SMILES string of the molecule is CC(C)[C@H](CO)Nc1cc(C(=O)Nc2ccccc2)ncn1. The van der Waals surface area contributed by atoms with Gasteiger partial charge in [-0.05, 0) is 18.1 Å². The van der Waals surface area contributed by atoms with Gasteiger partial charge in [0.05, 0.1) is 12.6 Å². The molecule has 0 radical (unpaired) electrons. The van der Waals surface area contributed by atoms with E-state index >= 15 is 0 Å². The molecule has 2 aromatic rings. The van der Waals surface area contributed by atoms with Crippen molar-refractivity contribution in [3.63, 3.8) is 0 Å². The molecule has 0 saturated carbocycles. The van der Waals surface area contributed by atoms with E-state index in [1.807, 2.05) is 32.0 Å². The monoisotopic (exact) mass is 300 g/mol. The molecule has 0 bridgehead atoms. The largest absolute Gasteiger partial charge is 0.394 e. The van der Waals surface area contributed by atoms with Crippen LogP contribution in [0.2, 0.25) is 0 Å². The molecule has 0 aliphatic heterocycles. The molecule has 1 atom stereocenters. The predicted molar refractivity (Wildman–Crippen MR) is 85.8 cm³/mol. The van der Waals surface area contributed by atoms with E-state index in [0.717, 1.165) is 0 Å². The quantitative estimate of drug-likeness (QED) is 0.761. The zero-order chi connectivity index (χ0) is 15.9. The molecule has 22 heavy (non-hydrogen) atoms. The molecule has 116 valence electrons. The Morgan fingerprint density at radius 2 is 1.95 bits per heavy atom. The van der Waals surface area contributed by atoms with Crippen molar-refractivity contribution in [2.45, 2.75) is 19.9 Å². The van der Waals surface area contributed by atoms with E-state index in [1.165, 1.54) is 6.33 Å². The first kappa shape index (κ1) is 15.9. The van der Waals surface area contributed by atoms with Crippen LogP contribution in [0.5, 0.6) is 0 Å². The summed E-state index contributed by atoms with van der Waals surface area (Å²) in [5.74, 6) is 0.448. The van der Waals surface area contributed by atoms with Gasteiger partial charge in [0.1, 0.15) is 17.8 Å². The van der Waals surface area contributed by atoms with Crippen LogP contribution in [-0.2, 0) is 0 Å². The molecule has 0 unspecified atom stereocenters. The Morgan fingerprint density at radius 1 is 1.23 bits per heavy atom. The Kier molecular flexibility index (Phi) is 5.43. The van der Waals surface area contributed by atoms with Crippen LogP contribution >= 0.6 is 0 Å². The third-order valence-corrected chi connectivity index (χ3v) is 3.27. The Bertz CT molecular complexity index is 617. The summed E-state index contributed by atoms with van der Waals surface area (Å²) in [6.07, 6.45) is 1.33. The Morgan fingerprint density at radius 3 is 2.59 bits per heavy atom. The average Bonchev–Trinajstić information content (AvgIpc) is 2.53. The summed E-state index contributed by atoms with van der Waals surface area (Å²) in [4.78, 5) is 20.3. The van der Waals surface area contributed by atoms with Crippen LogP contribution in [0, 0.1) is 5.92 Å². The van der Waals surface area contributed by atoms with Gasteiger partial charge >= 0.3 is 0 Å². The maximum absolute atomic E-state index is 12.2. The molecule has 0 aliphatic rings. The van der Waals surface area contributed by atoms with Gasteiger partial charge in [0, 0.05) is 11.8 Å². The molecule has 3 N–H and O–H groups in total. The third kappa shape index (κ3) is 4.26. The molecule has 6 nitrogen and oxygen atoms in total. The molecule has 1 amide bonds. The molecular weight excluding hydrogens is 280 g/mol. The number of para-hydroxylation sites is 1. The summed E-state index contributed by atoms with van der Waals surface area (Å²) in [6.45, 7) is 3.99. The lowest BCUT2D eigenvalue weighted by atomic mass is 10.1. The number of rotatable bonds is 6. The highest BCUT2D eigenvalue weighted by atomic mass is 16.3. The summed E-state index contributed by atoms with van der Waals surface area (Å²) in [5.41, 5.74) is 0.970. The van der Waals surface area contributed by atoms with Gasteiger partial charge in [-0.15, -0.1) is 0 Å². The molecule has 0 saturated heterocycles. The molecule has 6 heteroatoms. The van der Waals surface area contributed by atoms with Gasteiger partial charge in [-0.3, -0.25) is 4.79 Å². The van der Waals surface area contributed by atoms with Crippen LogP contribution in [0.25, 0.3) is 0 Å². The summed E-state index contributed by atoms with van der Waals surface area (Å²) < 4.78 is 0. The first-order valence-electron chi connectivity index (χ1n) is 7.16. The number of hydrogen-bond donors (Lipinski definition) is 3. The Balaban J connectivity index is 2.09. The van der Waals surface area contributed by atoms with E-state index < -0.39 is 0 Å². The minimum atomic E-state index is -0.304. The van der Waals surface area contributed by atoms with E-state index in [9.17, 15) is 9.90 Å². The fourth-order valence-corrected chi connectivity index (χ4v) is 1.89. The number of carbonyl (C=O) groups is 1. The Labute approximate surface area is 129 Å². The standard InChI is InChI=1S/C16H20N4O2/c1-11(2)14(9-21)20-15-8-13(17-10-18-15)16(22)19-12-6-4-3-5-7-12/h3-8,10-11,14,21H,9H2,1-2H3,(H,19,22)(H,17,18,20)/t14-/m0/s1. The highest BCUT2D eigenvalue weighted by Gasteiger charge is 2.14. The first-order valence-corrected chi connectivity index (χ1v) is 7.16. The summed E-state index contributed by atoms with van der Waals surface area (Å²) in [6, 6.07) is 10.6. The second-order valence-electron chi connectivity index (χ2n) is 5.29. The van der Waals surface area contributed by atoms with Crippen molar-refractivity contribution < 1.29 is 9.90 Å². The molecule has 0 spiro atoms. The molecule has 1 heterocycles. The van der Waals surface area contributed by atoms with Crippen LogP contribution in [-0.4, -0.2) is 33.6 Å². The summed E-state index contributed by atoms with van der Waals surface area (Å²) in [5, 5.41) is 15.2. The number of carbonyl (C=O) groups excluding carboxylic acids is 1. The van der Waals surface area contributed by atoms with Gasteiger partial charge in [-0.25, -0.2) is 9.97 Å². The highest BCUT2D eigenvalue weighted by Crippen LogP contribution is 2.12. The van der Waals surface area contributed by atoms with E-state index in [1.54, 1.807) is 18.2 Å². The van der Waals surface area contributed by atoms with Gasteiger partial charge in [-0.1, -0.05) is 32.0 Å². The maximum Gasteiger partial charge on any atom is 0.274 e. The average molecular weight is 300 g/mol. The van der Waals surface area contributed by atoms with Gasteiger partial charge < -0.3 is 15.7 Å². The van der Waals surface area contributed by atoms with E-state index in [-0.39, 0.29) is 30.2 Å². The van der Waals surface area contributed by atoms with E-state index in [0.29, 0.717) is 11.5 Å². The fraction of sp³-hybridized carbons (Fsp3) is 0.312.